The van der Waals surface area contributed by atoms with Crippen molar-refractivity contribution in [3.05, 3.63) is 122 Å². The molecule has 59 heavy (non-hydrogen) atoms. The van der Waals surface area contributed by atoms with Gasteiger partial charge in [0, 0.05) is 12.5 Å². The second kappa shape index (κ2) is 15.8. The summed E-state index contributed by atoms with van der Waals surface area (Å²) in [5.74, 6) is -1.89. The lowest BCUT2D eigenvalue weighted by atomic mass is 9.86. The van der Waals surface area contributed by atoms with Crippen LogP contribution in [0, 0.1) is 11.6 Å². The largest absolute Gasteiger partial charge is 0.497 e. The van der Waals surface area contributed by atoms with Crippen molar-refractivity contribution >= 4 is 55.3 Å². The Bertz CT molecular complexity index is 2750. The second-order valence-electron chi connectivity index (χ2n) is 15.4. The van der Waals surface area contributed by atoms with Crippen molar-refractivity contribution in [2.24, 2.45) is 0 Å². The molecule has 0 spiro atoms. The first-order valence-corrected chi connectivity index (χ1v) is 20.4. The number of ether oxygens (including phenoxy) is 1. The zero-order valence-electron chi connectivity index (χ0n) is 32.2. The lowest BCUT2D eigenvalue weighted by Crippen LogP contribution is -2.35. The van der Waals surface area contributed by atoms with Crippen LogP contribution >= 0.6 is 11.6 Å². The van der Waals surface area contributed by atoms with Gasteiger partial charge in [-0.15, -0.1) is 0 Å². The first-order chi connectivity index (χ1) is 27.8. The predicted molar refractivity (Wildman–Crippen MR) is 215 cm³/mol. The number of carboxylic acid groups (broad SMARTS) is 1. The van der Waals surface area contributed by atoms with Gasteiger partial charge in [-0.3, -0.25) is 14.0 Å². The number of anilines is 1. The Morgan fingerprint density at radius 2 is 1.69 bits per heavy atom. The first kappa shape index (κ1) is 41.5. The number of halogens is 5. The molecular formula is C41H39ClF4N6O6S. The number of aromatic nitrogens is 4. The maximum absolute atomic E-state index is 14.9. The van der Waals surface area contributed by atoms with Gasteiger partial charge in [0.1, 0.15) is 29.8 Å². The summed E-state index contributed by atoms with van der Waals surface area (Å²) >= 11 is 6.86. The number of hydrogen-bond donors (Lipinski definition) is 2. The molecule has 7 rings (SSSR count). The number of methoxy groups -OCH3 is 1. The van der Waals surface area contributed by atoms with Crippen LogP contribution in [0.4, 0.5) is 28.2 Å². The molecule has 1 amide bonds. The minimum atomic E-state index is -4.16. The van der Waals surface area contributed by atoms with E-state index in [1.165, 1.54) is 19.2 Å². The number of sulfonamides is 1. The van der Waals surface area contributed by atoms with E-state index in [-0.39, 0.29) is 56.3 Å². The molecule has 0 bridgehead atoms. The van der Waals surface area contributed by atoms with Crippen molar-refractivity contribution in [3.63, 3.8) is 0 Å². The minimum Gasteiger partial charge on any atom is -0.497 e. The van der Waals surface area contributed by atoms with Gasteiger partial charge < -0.3 is 15.2 Å². The van der Waals surface area contributed by atoms with E-state index in [0.717, 1.165) is 31.3 Å². The molecule has 12 nitrogen and oxygen atoms in total. The number of benzene rings is 4. The monoisotopic (exact) mass is 854 g/mol. The number of nitrogens with one attached hydrogen (secondary N) is 1. The topological polar surface area (TPSA) is 149 Å². The zero-order valence-corrected chi connectivity index (χ0v) is 33.8. The number of hydrogen-bond acceptors (Lipinski definition) is 7. The average molecular weight is 855 g/mol. The summed E-state index contributed by atoms with van der Waals surface area (Å²) in [7, 11) is -2.68. The Morgan fingerprint density at radius 3 is 2.29 bits per heavy atom. The molecule has 2 aromatic heterocycles. The Kier molecular flexibility index (Phi) is 11.1. The van der Waals surface area contributed by atoms with Crippen LogP contribution in [0.15, 0.2) is 77.6 Å². The van der Waals surface area contributed by atoms with Crippen LogP contribution in [0.2, 0.25) is 5.02 Å². The summed E-state index contributed by atoms with van der Waals surface area (Å²) in [6.07, 6.45) is -4.28. The fraction of sp³-hybridized carbons (Fsp3) is 0.317. The quantitative estimate of drug-likeness (QED) is 0.110. The van der Waals surface area contributed by atoms with Crippen molar-refractivity contribution in [1.29, 1.82) is 0 Å². The number of nitrogens with zero attached hydrogens (tertiary/aromatic N) is 5. The molecular weight excluding hydrogens is 816 g/mol. The minimum absolute atomic E-state index is 0.0105. The van der Waals surface area contributed by atoms with Gasteiger partial charge in [0.25, 0.3) is 12.0 Å². The summed E-state index contributed by atoms with van der Waals surface area (Å²) < 4.78 is 94.5. The zero-order chi connectivity index (χ0) is 42.6. The number of alkyl halides is 2. The second-order valence-corrected chi connectivity index (χ2v) is 17.9. The summed E-state index contributed by atoms with van der Waals surface area (Å²) in [4.78, 5) is 32.1. The predicted octanol–water partition coefficient (Wildman–Crippen LogP) is 8.29. The normalized spacial score (nSPS) is 13.9. The van der Waals surface area contributed by atoms with Crippen LogP contribution < -0.4 is 19.9 Å². The van der Waals surface area contributed by atoms with Crippen LogP contribution in [-0.4, -0.2) is 57.7 Å². The van der Waals surface area contributed by atoms with Gasteiger partial charge in [-0.1, -0.05) is 50.6 Å². The smallest absolute Gasteiger partial charge is 0.405 e. The first-order valence-electron chi connectivity index (χ1n) is 18.5. The maximum Gasteiger partial charge on any atom is 0.405 e. The standard InChI is InChI=1S/C41H39ClF4N6O6S/c1-41(2,3)24-7-12-29-31(18-24)47-37(32(48-40(54)55)17-23-15-25(43)19-26(44)16-23)52(39(29)53)33-14-13-30(42)35-36(33)50(21-34(45)46)49-38(35)51(59(56,57)28-10-11-28)20-22-5-8-27(58-4)9-6-22/h5-9,12-16,18-19,28,32,34,48H,10-11,17,20-21H2,1-4H3,(H,54,55)/t32-/m0/s1. The Labute approximate surface area is 341 Å². The molecule has 6 aromatic rings. The van der Waals surface area contributed by atoms with E-state index < -0.39 is 69.4 Å². The van der Waals surface area contributed by atoms with E-state index in [1.54, 1.807) is 42.5 Å². The molecule has 0 unspecified atom stereocenters. The average Bonchev–Trinajstić information content (AvgIpc) is 3.96. The van der Waals surface area contributed by atoms with E-state index in [4.69, 9.17) is 21.3 Å². The van der Waals surface area contributed by atoms with Crippen LogP contribution in [-0.2, 0) is 34.9 Å². The van der Waals surface area contributed by atoms with Gasteiger partial charge in [0.15, 0.2) is 5.82 Å². The number of rotatable bonds is 13. The number of carbonyl (C=O) groups is 1. The van der Waals surface area contributed by atoms with Crippen LogP contribution in [0.5, 0.6) is 5.75 Å². The van der Waals surface area contributed by atoms with Crippen molar-refractivity contribution in [3.8, 4) is 11.4 Å². The molecule has 1 saturated carbocycles. The summed E-state index contributed by atoms with van der Waals surface area (Å²) in [5, 5.41) is 16.0. The Morgan fingerprint density at radius 1 is 1.02 bits per heavy atom. The van der Waals surface area contributed by atoms with Gasteiger partial charge in [-0.2, -0.15) is 5.10 Å². The number of fused-ring (bicyclic) bond motifs is 2. The molecule has 1 aliphatic carbocycles. The molecule has 1 atom stereocenters. The van der Waals surface area contributed by atoms with Crippen molar-refractivity contribution in [2.45, 2.75) is 76.3 Å². The van der Waals surface area contributed by atoms with Gasteiger partial charge in [-0.05, 0) is 83.5 Å². The fourth-order valence-corrected chi connectivity index (χ4v) is 9.07. The Hall–Kier alpha value is -5.68. The molecule has 310 valence electrons. The summed E-state index contributed by atoms with van der Waals surface area (Å²) in [6.45, 7) is 4.49. The lowest BCUT2D eigenvalue weighted by molar-refractivity contribution is 0.123. The molecule has 0 radical (unpaired) electrons. The van der Waals surface area contributed by atoms with E-state index in [1.807, 2.05) is 20.8 Å². The third kappa shape index (κ3) is 8.44. The van der Waals surface area contributed by atoms with Gasteiger partial charge >= 0.3 is 6.09 Å². The van der Waals surface area contributed by atoms with E-state index >= 15 is 0 Å². The molecule has 0 saturated heterocycles. The molecule has 2 N–H and O–H groups in total. The third-order valence-electron chi connectivity index (χ3n) is 10.1. The van der Waals surface area contributed by atoms with E-state index in [2.05, 4.69) is 10.4 Å². The van der Waals surface area contributed by atoms with Gasteiger partial charge in [0.05, 0.1) is 57.5 Å². The van der Waals surface area contributed by atoms with Crippen LogP contribution in [0.25, 0.3) is 27.5 Å². The molecule has 4 aromatic carbocycles. The lowest BCUT2D eigenvalue weighted by Gasteiger charge is -2.24. The SMILES string of the molecule is COc1ccc(CN(c2nn(CC(F)F)c3c(-n4c([C@H](Cc5cc(F)cc(F)c5)NC(=O)O)nc5cc(C(C)(C)C)ccc5c4=O)ccc(Cl)c23)S(=O)(=O)C2CC2)cc1. The number of amides is 1. The van der Waals surface area contributed by atoms with Crippen molar-refractivity contribution in [2.75, 3.05) is 11.4 Å². The van der Waals surface area contributed by atoms with Gasteiger partial charge in [0.2, 0.25) is 10.0 Å². The highest BCUT2D eigenvalue weighted by Crippen LogP contribution is 2.42. The van der Waals surface area contributed by atoms with Crippen molar-refractivity contribution in [1.82, 2.24) is 24.6 Å². The summed E-state index contributed by atoms with van der Waals surface area (Å²) in [5.41, 5.74) is -0.0412. The van der Waals surface area contributed by atoms with Gasteiger partial charge in [-0.25, -0.2) is 40.1 Å². The summed E-state index contributed by atoms with van der Waals surface area (Å²) in [6, 6.07) is 15.4. The highest BCUT2D eigenvalue weighted by Gasteiger charge is 2.42. The molecule has 2 heterocycles. The third-order valence-corrected chi connectivity index (χ3v) is 12.6. The molecule has 1 aliphatic rings. The van der Waals surface area contributed by atoms with Crippen molar-refractivity contribution < 1.29 is 40.6 Å². The highest BCUT2D eigenvalue weighted by molar-refractivity contribution is 7.93. The molecule has 18 heteroatoms. The van der Waals surface area contributed by atoms with Crippen LogP contribution in [0.3, 0.4) is 0 Å². The van der Waals surface area contributed by atoms with Crippen LogP contribution in [0.1, 0.15) is 62.2 Å². The van der Waals surface area contributed by atoms with E-state index in [9.17, 15) is 40.7 Å². The molecule has 0 aliphatic heterocycles. The fourth-order valence-electron chi connectivity index (χ4n) is 7.05. The Balaban J connectivity index is 1.55. The van der Waals surface area contributed by atoms with E-state index in [0.29, 0.717) is 30.2 Å². The maximum atomic E-state index is 14.9. The molecule has 1 fully saturated rings. The highest BCUT2D eigenvalue weighted by atomic mass is 35.5.